The standard InChI is InChI=1S/C6H15O14P3.6Na/c7-2-1-3(18-21(9,10)11)6(20-23(15,16)17)4(8)5(2)19-22(12,13)14;;;;;;/h2-8H,1H2,(H2,9,10,11)(H2,12,13,14)(H2,15,16,17);;;;;;/q;6*+1/p-6/t2-,3+,4+,5-,6+;;;;;;/m1....../s1. The second-order valence-corrected chi connectivity index (χ2v) is 7.73. The van der Waals surface area contributed by atoms with Crippen molar-refractivity contribution in [2.45, 2.75) is 36.9 Å². The molecule has 138 valence electrons. The number of aliphatic hydroxyl groups is 2. The van der Waals surface area contributed by atoms with Crippen molar-refractivity contribution in [3.05, 3.63) is 0 Å². The third-order valence-corrected chi connectivity index (χ3v) is 4.19. The van der Waals surface area contributed by atoms with E-state index < -0.39 is 60.4 Å². The third-order valence-electron chi connectivity index (χ3n) is 2.66. The topological polar surface area (TPSA) is 258 Å². The molecule has 0 bridgehead atoms. The van der Waals surface area contributed by atoms with Crippen molar-refractivity contribution in [3.8, 4) is 0 Å². The van der Waals surface area contributed by atoms with Crippen molar-refractivity contribution in [2.75, 3.05) is 0 Å². The quantitative estimate of drug-likeness (QED) is 0.236. The van der Waals surface area contributed by atoms with Crippen LogP contribution >= 0.6 is 23.5 Å². The van der Waals surface area contributed by atoms with E-state index >= 15 is 0 Å². The maximum absolute atomic E-state index is 10.6. The minimum atomic E-state index is -5.87. The number of aliphatic hydroxyl groups excluding tert-OH is 2. The Morgan fingerprint density at radius 2 is 0.931 bits per heavy atom. The van der Waals surface area contributed by atoms with Crippen LogP contribution in [-0.4, -0.2) is 40.7 Å². The summed E-state index contributed by atoms with van der Waals surface area (Å²) < 4.78 is 43.2. The molecule has 0 spiro atoms. The molecule has 1 fully saturated rings. The van der Waals surface area contributed by atoms with E-state index in [1.807, 2.05) is 0 Å². The Morgan fingerprint density at radius 1 is 0.621 bits per heavy atom. The molecule has 14 nitrogen and oxygen atoms in total. The molecule has 2 N–H and O–H groups in total. The Bertz CT molecular complexity index is 566. The van der Waals surface area contributed by atoms with E-state index in [1.54, 1.807) is 0 Å². The summed E-state index contributed by atoms with van der Waals surface area (Å²) in [6, 6.07) is 0. The molecular weight excluding hydrogens is 527 g/mol. The molecule has 23 heteroatoms. The largest absolute Gasteiger partial charge is 1.00 e. The molecule has 0 aromatic rings. The van der Waals surface area contributed by atoms with Crippen molar-refractivity contribution in [1.82, 2.24) is 0 Å². The summed E-state index contributed by atoms with van der Waals surface area (Å²) in [4.78, 5) is 63.4. The predicted octanol–water partition coefficient (Wildman–Crippen LogP) is -24.2. The maximum atomic E-state index is 10.6. The second kappa shape index (κ2) is 20.2. The monoisotopic (exact) mass is 536 g/mol. The number of phosphoric acid groups is 3. The van der Waals surface area contributed by atoms with Crippen LogP contribution in [0.15, 0.2) is 0 Å². The third kappa shape index (κ3) is 20.9. The Kier molecular flexibility index (Phi) is 33.7. The van der Waals surface area contributed by atoms with Gasteiger partial charge in [0.25, 0.3) is 0 Å². The van der Waals surface area contributed by atoms with Gasteiger partial charge in [-0.1, -0.05) is 0 Å². The van der Waals surface area contributed by atoms with E-state index in [0.717, 1.165) is 0 Å². The van der Waals surface area contributed by atoms with Crippen molar-refractivity contribution >= 4 is 23.5 Å². The van der Waals surface area contributed by atoms with Gasteiger partial charge in [0.15, 0.2) is 0 Å². The first-order valence-corrected chi connectivity index (χ1v) is 9.95. The van der Waals surface area contributed by atoms with E-state index in [4.69, 9.17) is 0 Å². The molecule has 0 radical (unpaired) electrons. The van der Waals surface area contributed by atoms with E-state index in [0.29, 0.717) is 0 Å². The molecular formula is C6H9Na6O14P3. The van der Waals surface area contributed by atoms with Crippen LogP contribution in [0, 0.1) is 0 Å². The first-order valence-electron chi connectivity index (χ1n) is 5.56. The molecule has 29 heavy (non-hydrogen) atoms. The number of phosphoric ester groups is 3. The number of hydrogen-bond donors (Lipinski definition) is 2. The second-order valence-electron chi connectivity index (χ2n) is 4.42. The Balaban J connectivity index is -0.000000220. The van der Waals surface area contributed by atoms with Gasteiger partial charge in [-0.3, -0.25) is 0 Å². The van der Waals surface area contributed by atoms with E-state index in [1.165, 1.54) is 0 Å². The van der Waals surface area contributed by atoms with Crippen LogP contribution in [0.1, 0.15) is 6.42 Å². The summed E-state index contributed by atoms with van der Waals surface area (Å²) in [6.07, 6.45) is -12.4. The Labute approximate surface area is 298 Å². The van der Waals surface area contributed by atoms with E-state index in [2.05, 4.69) is 13.6 Å². The molecule has 0 heterocycles. The van der Waals surface area contributed by atoms with Gasteiger partial charge < -0.3 is 66.8 Å². The van der Waals surface area contributed by atoms with Crippen molar-refractivity contribution in [1.29, 1.82) is 0 Å². The van der Waals surface area contributed by atoms with E-state index in [9.17, 15) is 53.3 Å². The van der Waals surface area contributed by atoms with Crippen LogP contribution in [0.3, 0.4) is 0 Å². The summed E-state index contributed by atoms with van der Waals surface area (Å²) in [5.74, 6) is 0. The predicted molar refractivity (Wildman–Crippen MR) is 54.1 cm³/mol. The molecule has 0 aliphatic heterocycles. The molecule has 5 atom stereocenters. The van der Waals surface area contributed by atoms with Crippen LogP contribution in [-0.2, 0) is 27.3 Å². The molecule has 1 saturated carbocycles. The van der Waals surface area contributed by atoms with Crippen LogP contribution in [0.4, 0.5) is 0 Å². The zero-order chi connectivity index (χ0) is 18.2. The number of rotatable bonds is 6. The first kappa shape index (κ1) is 48.3. The summed E-state index contributed by atoms with van der Waals surface area (Å²) in [5.41, 5.74) is 0. The molecule has 0 saturated heterocycles. The fourth-order valence-electron chi connectivity index (χ4n) is 1.97. The molecule has 1 rings (SSSR count). The summed E-state index contributed by atoms with van der Waals surface area (Å²) in [6.45, 7) is 0. The summed E-state index contributed by atoms with van der Waals surface area (Å²) in [7, 11) is -17.4. The van der Waals surface area contributed by atoms with Crippen LogP contribution in [0.25, 0.3) is 0 Å². The first-order chi connectivity index (χ1) is 10.1. The zero-order valence-electron chi connectivity index (χ0n) is 16.7. The van der Waals surface area contributed by atoms with Gasteiger partial charge in [0.05, 0.1) is 35.7 Å². The number of hydrogen-bond acceptors (Lipinski definition) is 14. The van der Waals surface area contributed by atoms with Gasteiger partial charge in [0.1, 0.15) is 18.3 Å². The fraction of sp³-hybridized carbons (Fsp3) is 1.00. The Hall–Kier alpha value is 6.25. The zero-order valence-corrected chi connectivity index (χ0v) is 31.4. The smallest absolute Gasteiger partial charge is 0.790 e. The Morgan fingerprint density at radius 3 is 1.24 bits per heavy atom. The maximum Gasteiger partial charge on any atom is 1.00 e. The fourth-order valence-corrected chi connectivity index (χ4v) is 3.63. The molecule has 0 aromatic heterocycles. The molecule has 0 unspecified atom stereocenters. The minimum absolute atomic E-state index is 0. The van der Waals surface area contributed by atoms with Gasteiger partial charge in [-0.15, -0.1) is 0 Å². The summed E-state index contributed by atoms with van der Waals surface area (Å²) in [5, 5.41) is 19.3. The molecule has 0 amide bonds. The molecule has 1 aliphatic carbocycles. The SMILES string of the molecule is O=P([O-])([O-])O[C@@H]1[C@@H](O)[C@H](OP(=O)([O-])[O-])[C@H](O)C[C@@H]1OP(=O)([O-])[O-].[Na+].[Na+].[Na+].[Na+].[Na+].[Na+]. The van der Waals surface area contributed by atoms with Gasteiger partial charge in [-0.05, 0) is 0 Å². The van der Waals surface area contributed by atoms with Gasteiger partial charge in [0.2, 0.25) is 0 Å². The van der Waals surface area contributed by atoms with Gasteiger partial charge >= 0.3 is 177 Å². The van der Waals surface area contributed by atoms with Gasteiger partial charge in [-0.25, -0.2) is 0 Å². The summed E-state index contributed by atoms with van der Waals surface area (Å²) >= 11 is 0. The molecule has 1 aliphatic rings. The normalized spacial score (nSPS) is 26.7. The van der Waals surface area contributed by atoms with Crippen LogP contribution in [0.5, 0.6) is 0 Å². The minimum Gasteiger partial charge on any atom is -0.790 e. The van der Waals surface area contributed by atoms with Crippen molar-refractivity contribution in [3.63, 3.8) is 0 Å². The van der Waals surface area contributed by atoms with Gasteiger partial charge in [-0.2, -0.15) is 0 Å². The average Bonchev–Trinajstić information content (AvgIpc) is 2.25. The van der Waals surface area contributed by atoms with Crippen molar-refractivity contribution in [2.24, 2.45) is 0 Å². The van der Waals surface area contributed by atoms with Crippen LogP contribution in [0.2, 0.25) is 0 Å². The van der Waals surface area contributed by atoms with Gasteiger partial charge in [0, 0.05) is 6.42 Å². The van der Waals surface area contributed by atoms with E-state index in [-0.39, 0.29) is 177 Å². The average molecular weight is 536 g/mol. The van der Waals surface area contributed by atoms with Crippen LogP contribution < -0.4 is 207 Å². The molecule has 0 aromatic carbocycles. The van der Waals surface area contributed by atoms with Crippen molar-refractivity contribution < 1.29 is 244 Å².